The van der Waals surface area contributed by atoms with Crippen molar-refractivity contribution in [2.75, 3.05) is 5.75 Å². The van der Waals surface area contributed by atoms with Crippen molar-refractivity contribution in [3.63, 3.8) is 0 Å². The Bertz CT molecular complexity index is 983. The molecule has 5 heteroatoms. The average Bonchev–Trinajstić information content (AvgIpc) is 2.68. The first kappa shape index (κ1) is 20.6. The van der Waals surface area contributed by atoms with Crippen molar-refractivity contribution in [2.24, 2.45) is 0 Å². The Kier molecular flexibility index (Phi) is 6.94. The van der Waals surface area contributed by atoms with Crippen LogP contribution in [0.1, 0.15) is 16.7 Å². The van der Waals surface area contributed by atoms with Gasteiger partial charge in [-0.15, -0.1) is 11.8 Å². The summed E-state index contributed by atoms with van der Waals surface area (Å²) < 4.78 is 28.7. The molecule has 28 heavy (non-hydrogen) atoms. The Balaban J connectivity index is 1.76. The van der Waals surface area contributed by atoms with E-state index in [9.17, 15) is 8.42 Å². The number of aryl methyl sites for hydroxylation is 2. The fourth-order valence-electron chi connectivity index (χ4n) is 2.87. The van der Waals surface area contributed by atoms with E-state index >= 15 is 0 Å². The summed E-state index contributed by atoms with van der Waals surface area (Å²) in [6.07, 6.45) is 0.644. The summed E-state index contributed by atoms with van der Waals surface area (Å²) in [4.78, 5) is 1.44. The van der Waals surface area contributed by atoms with Gasteiger partial charge in [-0.2, -0.15) is 0 Å². The Hall–Kier alpha value is -2.08. The molecule has 0 bridgehead atoms. The third-order valence-electron chi connectivity index (χ3n) is 4.45. The van der Waals surface area contributed by atoms with Gasteiger partial charge >= 0.3 is 0 Å². The highest BCUT2D eigenvalue weighted by Gasteiger charge is 2.20. The predicted octanol–water partition coefficient (Wildman–Crippen LogP) is 4.99. The Morgan fingerprint density at radius 2 is 1.39 bits per heavy atom. The van der Waals surface area contributed by atoms with Crippen LogP contribution in [0.4, 0.5) is 0 Å². The lowest BCUT2D eigenvalue weighted by molar-refractivity contribution is 0.561. The maximum absolute atomic E-state index is 12.9. The molecule has 1 atom stereocenters. The van der Waals surface area contributed by atoms with E-state index in [0.29, 0.717) is 17.1 Å². The zero-order valence-corrected chi connectivity index (χ0v) is 17.8. The highest BCUT2D eigenvalue weighted by atomic mass is 32.2. The standard InChI is InChI=1S/C23H25NO2S2/c1-18-8-12-22(13-9-18)27-17-21(16-20-6-4-3-5-7-20)24-28(25,26)23-14-10-19(2)11-15-23/h3-15,21,24H,16-17H2,1-2H3/t21-/m0/s1. The third-order valence-corrected chi connectivity index (χ3v) is 7.16. The number of nitrogens with one attached hydrogen (secondary N) is 1. The van der Waals surface area contributed by atoms with Crippen LogP contribution in [0.5, 0.6) is 0 Å². The number of thioether (sulfide) groups is 1. The zero-order chi connectivity index (χ0) is 20.0. The van der Waals surface area contributed by atoms with Gasteiger partial charge in [-0.1, -0.05) is 65.7 Å². The predicted molar refractivity (Wildman–Crippen MR) is 117 cm³/mol. The molecule has 0 spiro atoms. The summed E-state index contributed by atoms with van der Waals surface area (Å²) in [7, 11) is -3.57. The Morgan fingerprint density at radius 3 is 2.00 bits per heavy atom. The van der Waals surface area contributed by atoms with Gasteiger partial charge < -0.3 is 0 Å². The van der Waals surface area contributed by atoms with Gasteiger partial charge in [0.1, 0.15) is 0 Å². The topological polar surface area (TPSA) is 46.2 Å². The maximum Gasteiger partial charge on any atom is 0.240 e. The van der Waals surface area contributed by atoms with Crippen LogP contribution >= 0.6 is 11.8 Å². The van der Waals surface area contributed by atoms with Crippen LogP contribution in [-0.4, -0.2) is 20.2 Å². The van der Waals surface area contributed by atoms with Crippen LogP contribution < -0.4 is 4.72 Å². The minimum absolute atomic E-state index is 0.208. The van der Waals surface area contributed by atoms with E-state index in [1.54, 1.807) is 23.9 Å². The second-order valence-electron chi connectivity index (χ2n) is 6.95. The van der Waals surface area contributed by atoms with E-state index in [2.05, 4.69) is 35.9 Å². The first-order valence-electron chi connectivity index (χ1n) is 9.25. The van der Waals surface area contributed by atoms with Crippen molar-refractivity contribution in [3.05, 3.63) is 95.6 Å². The second kappa shape index (κ2) is 9.41. The number of hydrogen-bond donors (Lipinski definition) is 1. The fourth-order valence-corrected chi connectivity index (χ4v) is 5.13. The molecule has 0 aromatic heterocycles. The van der Waals surface area contributed by atoms with E-state index in [0.717, 1.165) is 16.0 Å². The molecule has 3 aromatic rings. The van der Waals surface area contributed by atoms with Crippen molar-refractivity contribution >= 4 is 21.8 Å². The third kappa shape index (κ3) is 5.96. The Morgan fingerprint density at radius 1 is 0.821 bits per heavy atom. The summed E-state index contributed by atoms with van der Waals surface area (Å²) in [5.41, 5.74) is 3.36. The highest BCUT2D eigenvalue weighted by Crippen LogP contribution is 2.21. The quantitative estimate of drug-likeness (QED) is 0.532. The van der Waals surface area contributed by atoms with Crippen LogP contribution in [0.3, 0.4) is 0 Å². The molecule has 3 aromatic carbocycles. The molecule has 0 unspecified atom stereocenters. The minimum Gasteiger partial charge on any atom is -0.207 e. The van der Waals surface area contributed by atoms with Gasteiger partial charge in [0.2, 0.25) is 10.0 Å². The number of rotatable bonds is 8. The summed E-state index contributed by atoms with van der Waals surface area (Å²) in [5, 5.41) is 0. The van der Waals surface area contributed by atoms with Gasteiger partial charge in [-0.05, 0) is 50.1 Å². The van der Waals surface area contributed by atoms with Crippen LogP contribution in [0.15, 0.2) is 88.7 Å². The van der Waals surface area contributed by atoms with Crippen molar-refractivity contribution in [2.45, 2.75) is 36.1 Å². The van der Waals surface area contributed by atoms with Crippen molar-refractivity contribution in [1.82, 2.24) is 4.72 Å². The highest BCUT2D eigenvalue weighted by molar-refractivity contribution is 7.99. The van der Waals surface area contributed by atoms with E-state index in [1.807, 2.05) is 49.4 Å². The second-order valence-corrected chi connectivity index (χ2v) is 9.75. The molecule has 0 heterocycles. The molecule has 0 radical (unpaired) electrons. The molecule has 3 nitrogen and oxygen atoms in total. The van der Waals surface area contributed by atoms with Gasteiger partial charge in [0, 0.05) is 16.7 Å². The van der Waals surface area contributed by atoms with Gasteiger partial charge in [-0.3, -0.25) is 0 Å². The van der Waals surface area contributed by atoms with Crippen LogP contribution in [0.25, 0.3) is 0 Å². The molecule has 1 N–H and O–H groups in total. The molecule has 0 amide bonds. The summed E-state index contributed by atoms with van der Waals surface area (Å²) in [6.45, 7) is 4.00. The van der Waals surface area contributed by atoms with E-state index in [4.69, 9.17) is 0 Å². The van der Waals surface area contributed by atoms with Gasteiger partial charge in [0.25, 0.3) is 0 Å². The first-order valence-corrected chi connectivity index (χ1v) is 11.7. The van der Waals surface area contributed by atoms with Crippen molar-refractivity contribution < 1.29 is 8.42 Å². The van der Waals surface area contributed by atoms with Gasteiger partial charge in [-0.25, -0.2) is 13.1 Å². The molecule has 0 aliphatic rings. The normalized spacial score (nSPS) is 12.6. The number of sulfonamides is 1. The maximum atomic E-state index is 12.9. The number of hydrogen-bond acceptors (Lipinski definition) is 3. The molecule has 0 aliphatic carbocycles. The SMILES string of the molecule is Cc1ccc(SC[C@H](Cc2ccccc2)NS(=O)(=O)c2ccc(C)cc2)cc1. The molecular formula is C23H25NO2S2. The lowest BCUT2D eigenvalue weighted by Gasteiger charge is -2.19. The fraction of sp³-hybridized carbons (Fsp3) is 0.217. The van der Waals surface area contributed by atoms with Crippen LogP contribution in [0.2, 0.25) is 0 Å². The molecule has 0 saturated heterocycles. The summed E-state index contributed by atoms with van der Waals surface area (Å²) in [5.74, 6) is 0.656. The largest absolute Gasteiger partial charge is 0.240 e. The lowest BCUT2D eigenvalue weighted by Crippen LogP contribution is -2.38. The first-order chi connectivity index (χ1) is 13.4. The molecular weight excluding hydrogens is 386 g/mol. The van der Waals surface area contributed by atoms with Gasteiger partial charge in [0.05, 0.1) is 4.90 Å². The summed E-state index contributed by atoms with van der Waals surface area (Å²) >= 11 is 1.67. The van der Waals surface area contributed by atoms with Gasteiger partial charge in [0.15, 0.2) is 0 Å². The van der Waals surface area contributed by atoms with Crippen molar-refractivity contribution in [3.8, 4) is 0 Å². The number of benzene rings is 3. The Labute approximate surface area is 172 Å². The summed E-state index contributed by atoms with van der Waals surface area (Å²) in [6, 6.07) is 25.0. The van der Waals surface area contributed by atoms with E-state index < -0.39 is 10.0 Å². The van der Waals surface area contributed by atoms with Crippen LogP contribution in [-0.2, 0) is 16.4 Å². The zero-order valence-electron chi connectivity index (χ0n) is 16.1. The molecule has 3 rings (SSSR count). The lowest BCUT2D eigenvalue weighted by atomic mass is 10.1. The monoisotopic (exact) mass is 411 g/mol. The smallest absolute Gasteiger partial charge is 0.207 e. The molecule has 0 fully saturated rings. The van der Waals surface area contributed by atoms with E-state index in [-0.39, 0.29) is 6.04 Å². The minimum atomic E-state index is -3.57. The molecule has 146 valence electrons. The van der Waals surface area contributed by atoms with E-state index in [1.165, 1.54) is 5.56 Å². The molecule has 0 saturated carbocycles. The molecule has 0 aliphatic heterocycles. The van der Waals surface area contributed by atoms with Crippen LogP contribution in [0, 0.1) is 13.8 Å². The van der Waals surface area contributed by atoms with Crippen molar-refractivity contribution in [1.29, 1.82) is 0 Å². The average molecular weight is 412 g/mol.